The number of nitro groups is 1. The van der Waals surface area contributed by atoms with Gasteiger partial charge in [0.1, 0.15) is 0 Å². The number of hydrogen-bond acceptors (Lipinski definition) is 5. The van der Waals surface area contributed by atoms with Crippen LogP contribution in [0.15, 0.2) is 60.7 Å². The van der Waals surface area contributed by atoms with Crippen LogP contribution >= 0.6 is 0 Å². The van der Waals surface area contributed by atoms with E-state index in [4.69, 9.17) is 4.74 Å². The molecule has 3 heterocycles. The summed E-state index contributed by atoms with van der Waals surface area (Å²) in [6, 6.07) is 13.3. The van der Waals surface area contributed by atoms with Crippen molar-refractivity contribution in [1.82, 2.24) is 0 Å². The Morgan fingerprint density at radius 1 is 0.815 bits per heavy atom. The molecule has 0 radical (unpaired) electrons. The number of nitro benzene ring substituents is 1. The monoisotopic (exact) mass is 362 g/mol. The molecule has 2 saturated heterocycles. The topological polar surface area (TPSA) is 89.8 Å². The molecule has 0 spiro atoms. The predicted molar refractivity (Wildman–Crippen MR) is 95.8 cm³/mol. The van der Waals surface area contributed by atoms with E-state index in [2.05, 4.69) is 0 Å². The van der Waals surface area contributed by atoms with Crippen molar-refractivity contribution in [3.63, 3.8) is 0 Å². The molecular weight excluding hydrogens is 348 g/mol. The van der Waals surface area contributed by atoms with Crippen LogP contribution in [0.3, 0.4) is 0 Å². The van der Waals surface area contributed by atoms with Gasteiger partial charge in [-0.2, -0.15) is 0 Å². The van der Waals surface area contributed by atoms with Crippen molar-refractivity contribution in [2.45, 2.75) is 12.2 Å². The highest BCUT2D eigenvalue weighted by molar-refractivity contribution is 6.23. The second-order valence-electron chi connectivity index (χ2n) is 6.86. The standard InChI is InChI=1S/C20H14N2O5/c23-19-17-15-9-10-16(27-15)18(17)20(24)21(19)13-5-1-11(2-6-13)12-3-7-14(8-4-12)22(25)26/h1-10,15-18H/t15-,16-,17-,18-/m1/s1. The molecular formula is C20H14N2O5. The minimum atomic E-state index is -0.444. The Bertz CT molecular complexity index is 966. The van der Waals surface area contributed by atoms with Crippen molar-refractivity contribution in [3.05, 3.63) is 70.8 Å². The van der Waals surface area contributed by atoms with Crippen LogP contribution in [0, 0.1) is 22.0 Å². The third-order valence-corrected chi connectivity index (χ3v) is 5.45. The molecule has 0 unspecified atom stereocenters. The summed E-state index contributed by atoms with van der Waals surface area (Å²) in [5.41, 5.74) is 2.22. The van der Waals surface area contributed by atoms with E-state index in [0.29, 0.717) is 5.69 Å². The minimum Gasteiger partial charge on any atom is -0.365 e. The molecule has 2 amide bonds. The van der Waals surface area contributed by atoms with Gasteiger partial charge in [-0.05, 0) is 35.4 Å². The molecule has 27 heavy (non-hydrogen) atoms. The normalized spacial score (nSPS) is 28.1. The molecule has 134 valence electrons. The second-order valence-corrected chi connectivity index (χ2v) is 6.86. The summed E-state index contributed by atoms with van der Waals surface area (Å²) in [5, 5.41) is 10.8. The lowest BCUT2D eigenvalue weighted by Gasteiger charge is -2.18. The lowest BCUT2D eigenvalue weighted by Crippen LogP contribution is -2.34. The predicted octanol–water partition coefficient (Wildman–Crippen LogP) is 2.70. The number of nitrogens with zero attached hydrogens (tertiary/aromatic N) is 2. The van der Waals surface area contributed by atoms with E-state index in [9.17, 15) is 19.7 Å². The van der Waals surface area contributed by atoms with Crippen LogP contribution in [0.25, 0.3) is 11.1 Å². The number of benzene rings is 2. The quantitative estimate of drug-likeness (QED) is 0.362. The first-order chi connectivity index (χ1) is 13.0. The molecule has 0 aliphatic carbocycles. The van der Waals surface area contributed by atoms with Crippen molar-refractivity contribution < 1.29 is 19.2 Å². The number of fused-ring (bicyclic) bond motifs is 5. The fraction of sp³-hybridized carbons (Fsp3) is 0.200. The minimum absolute atomic E-state index is 0.0284. The molecule has 0 N–H and O–H groups in total. The smallest absolute Gasteiger partial charge is 0.269 e. The maximum atomic E-state index is 12.8. The van der Waals surface area contributed by atoms with E-state index in [1.54, 1.807) is 36.4 Å². The summed E-state index contributed by atoms with van der Waals surface area (Å²) in [7, 11) is 0. The molecule has 2 aromatic rings. The van der Waals surface area contributed by atoms with Gasteiger partial charge in [0.2, 0.25) is 11.8 Å². The summed E-state index contributed by atoms with van der Waals surface area (Å²) >= 11 is 0. The molecule has 0 aromatic heterocycles. The van der Waals surface area contributed by atoms with Crippen molar-refractivity contribution in [1.29, 1.82) is 0 Å². The van der Waals surface area contributed by atoms with Crippen LogP contribution in [0.5, 0.6) is 0 Å². The fourth-order valence-electron chi connectivity index (χ4n) is 4.14. The van der Waals surface area contributed by atoms with Gasteiger partial charge >= 0.3 is 0 Å². The molecule has 7 nitrogen and oxygen atoms in total. The van der Waals surface area contributed by atoms with Crippen LogP contribution in [0.1, 0.15) is 0 Å². The summed E-state index contributed by atoms with van der Waals surface area (Å²) in [5.74, 6) is -1.29. The highest BCUT2D eigenvalue weighted by Gasteiger charge is 2.60. The average Bonchev–Trinajstić information content (AvgIpc) is 3.36. The number of non-ortho nitro benzene ring substituents is 1. The van der Waals surface area contributed by atoms with Gasteiger partial charge in [-0.1, -0.05) is 24.3 Å². The van der Waals surface area contributed by atoms with Gasteiger partial charge < -0.3 is 4.74 Å². The number of anilines is 1. The third-order valence-electron chi connectivity index (χ3n) is 5.45. The first-order valence-corrected chi connectivity index (χ1v) is 8.61. The van der Waals surface area contributed by atoms with Crippen molar-refractivity contribution in [2.24, 2.45) is 11.8 Å². The summed E-state index contributed by atoms with van der Waals surface area (Å²) in [6.45, 7) is 0. The largest absolute Gasteiger partial charge is 0.365 e. The van der Waals surface area contributed by atoms with Crippen LogP contribution in [-0.2, 0) is 14.3 Å². The molecule has 2 fully saturated rings. The second kappa shape index (κ2) is 5.59. The number of imide groups is 1. The van der Waals surface area contributed by atoms with Crippen LogP contribution in [-0.4, -0.2) is 28.9 Å². The fourth-order valence-corrected chi connectivity index (χ4v) is 4.14. The first-order valence-electron chi connectivity index (χ1n) is 8.61. The number of ether oxygens (including phenoxy) is 1. The summed E-state index contributed by atoms with van der Waals surface area (Å²) in [6.07, 6.45) is 3.11. The van der Waals surface area contributed by atoms with Crippen LogP contribution < -0.4 is 4.90 Å². The first kappa shape index (κ1) is 15.9. The van der Waals surface area contributed by atoms with Gasteiger partial charge in [0.15, 0.2) is 0 Å². The van der Waals surface area contributed by atoms with Crippen LogP contribution in [0.2, 0.25) is 0 Å². The SMILES string of the molecule is O=C1[C@H]2[C@H](C(=O)N1c1ccc(-c3ccc([N+](=O)[O-])cc3)cc1)[C@H]1C=C[C@H]2O1. The zero-order valence-corrected chi connectivity index (χ0v) is 14.0. The number of carbonyl (C=O) groups excluding carboxylic acids is 2. The number of amides is 2. The molecule has 2 bridgehead atoms. The Hall–Kier alpha value is -3.32. The molecule has 0 saturated carbocycles. The Kier molecular flexibility index (Phi) is 3.29. The van der Waals surface area contributed by atoms with E-state index in [-0.39, 0.29) is 29.7 Å². The van der Waals surface area contributed by atoms with Crippen molar-refractivity contribution in [2.75, 3.05) is 4.90 Å². The maximum absolute atomic E-state index is 12.8. The third kappa shape index (κ3) is 2.25. The summed E-state index contributed by atoms with van der Waals surface area (Å²) in [4.78, 5) is 37.1. The molecule has 4 atom stereocenters. The van der Waals surface area contributed by atoms with Gasteiger partial charge in [-0.15, -0.1) is 0 Å². The lowest BCUT2D eigenvalue weighted by molar-refractivity contribution is -0.384. The highest BCUT2D eigenvalue weighted by atomic mass is 16.6. The van der Waals surface area contributed by atoms with Gasteiger partial charge in [-0.25, -0.2) is 4.90 Å². The Morgan fingerprint density at radius 2 is 1.30 bits per heavy atom. The van der Waals surface area contributed by atoms with Crippen molar-refractivity contribution in [3.8, 4) is 11.1 Å². The molecule has 3 aliphatic heterocycles. The molecule has 2 aromatic carbocycles. The Labute approximate surface area is 154 Å². The number of carbonyl (C=O) groups is 2. The van der Waals surface area contributed by atoms with E-state index < -0.39 is 16.8 Å². The maximum Gasteiger partial charge on any atom is 0.269 e. The number of hydrogen-bond donors (Lipinski definition) is 0. The lowest BCUT2D eigenvalue weighted by atomic mass is 9.85. The Balaban J connectivity index is 1.42. The summed E-state index contributed by atoms with van der Waals surface area (Å²) < 4.78 is 5.64. The van der Waals surface area contributed by atoms with E-state index in [1.807, 2.05) is 12.2 Å². The van der Waals surface area contributed by atoms with E-state index in [0.717, 1.165) is 11.1 Å². The zero-order chi connectivity index (χ0) is 18.7. The van der Waals surface area contributed by atoms with E-state index >= 15 is 0 Å². The molecule has 7 heteroatoms. The average molecular weight is 362 g/mol. The van der Waals surface area contributed by atoms with Gasteiger partial charge in [0, 0.05) is 12.1 Å². The van der Waals surface area contributed by atoms with Gasteiger partial charge in [-0.3, -0.25) is 19.7 Å². The van der Waals surface area contributed by atoms with E-state index in [1.165, 1.54) is 17.0 Å². The number of rotatable bonds is 3. The molecule has 5 rings (SSSR count). The molecule has 3 aliphatic rings. The van der Waals surface area contributed by atoms with Crippen molar-refractivity contribution >= 4 is 23.2 Å². The Morgan fingerprint density at radius 3 is 1.78 bits per heavy atom. The zero-order valence-electron chi connectivity index (χ0n) is 14.0. The highest BCUT2D eigenvalue weighted by Crippen LogP contribution is 2.46. The van der Waals surface area contributed by atoms with Gasteiger partial charge in [0.25, 0.3) is 5.69 Å². The van der Waals surface area contributed by atoms with Gasteiger partial charge in [0.05, 0.1) is 34.7 Å². The van der Waals surface area contributed by atoms with Crippen LogP contribution in [0.4, 0.5) is 11.4 Å².